The van der Waals surface area contributed by atoms with Crippen LogP contribution >= 0.6 is 23.4 Å². The fourth-order valence-electron chi connectivity index (χ4n) is 1.91. The van der Waals surface area contributed by atoms with Crippen LogP contribution in [0.4, 0.5) is 5.82 Å². The second kappa shape index (κ2) is 5.64. The van der Waals surface area contributed by atoms with E-state index in [1.165, 1.54) is 23.4 Å². The number of nitrogen functional groups attached to an aromatic ring is 1. The summed E-state index contributed by atoms with van der Waals surface area (Å²) >= 11 is 7.37. The van der Waals surface area contributed by atoms with Gasteiger partial charge in [0.1, 0.15) is 11.0 Å². The summed E-state index contributed by atoms with van der Waals surface area (Å²) in [4.78, 5) is 12.7. The SMILES string of the molecule is Nc1cc(Cl)nc(SCc2cccc3ncccc23)n1. The summed E-state index contributed by atoms with van der Waals surface area (Å²) in [6.07, 6.45) is 1.79. The molecule has 0 aliphatic rings. The molecule has 0 aliphatic carbocycles. The molecule has 3 aromatic rings. The van der Waals surface area contributed by atoms with E-state index < -0.39 is 0 Å². The number of pyridine rings is 1. The Balaban J connectivity index is 1.87. The fourth-order valence-corrected chi connectivity index (χ4v) is 3.02. The summed E-state index contributed by atoms with van der Waals surface area (Å²) < 4.78 is 0. The smallest absolute Gasteiger partial charge is 0.191 e. The van der Waals surface area contributed by atoms with E-state index in [2.05, 4.69) is 27.1 Å². The van der Waals surface area contributed by atoms with E-state index in [1.807, 2.05) is 18.2 Å². The van der Waals surface area contributed by atoms with Crippen LogP contribution in [-0.4, -0.2) is 15.0 Å². The maximum absolute atomic E-state index is 5.87. The van der Waals surface area contributed by atoms with Gasteiger partial charge < -0.3 is 5.73 Å². The number of aromatic nitrogens is 3. The van der Waals surface area contributed by atoms with Crippen LogP contribution < -0.4 is 5.73 Å². The highest BCUT2D eigenvalue weighted by Gasteiger charge is 2.05. The monoisotopic (exact) mass is 302 g/mol. The fraction of sp³-hybridized carbons (Fsp3) is 0.0714. The highest BCUT2D eigenvalue weighted by molar-refractivity contribution is 7.98. The number of benzene rings is 1. The van der Waals surface area contributed by atoms with Gasteiger partial charge in [0.15, 0.2) is 5.16 Å². The predicted molar refractivity (Wildman–Crippen MR) is 82.8 cm³/mol. The van der Waals surface area contributed by atoms with Crippen molar-refractivity contribution in [1.29, 1.82) is 0 Å². The van der Waals surface area contributed by atoms with Crippen molar-refractivity contribution in [2.45, 2.75) is 10.9 Å². The summed E-state index contributed by atoms with van der Waals surface area (Å²) in [5.74, 6) is 1.12. The number of fused-ring (bicyclic) bond motifs is 1. The number of nitrogens with zero attached hydrogens (tertiary/aromatic N) is 3. The standard InChI is InChI=1S/C14H11ClN4S/c15-12-7-13(16)19-14(18-12)20-8-9-3-1-5-11-10(9)4-2-6-17-11/h1-7H,8H2,(H2,16,18,19). The van der Waals surface area contributed by atoms with Gasteiger partial charge in [-0.1, -0.05) is 41.6 Å². The Bertz CT molecular complexity index is 738. The molecule has 0 saturated carbocycles. The van der Waals surface area contributed by atoms with Gasteiger partial charge in [-0.25, -0.2) is 9.97 Å². The highest BCUT2D eigenvalue weighted by atomic mass is 35.5. The molecule has 0 bridgehead atoms. The summed E-state index contributed by atoms with van der Waals surface area (Å²) in [5, 5.41) is 2.08. The lowest BCUT2D eigenvalue weighted by atomic mass is 10.1. The zero-order valence-electron chi connectivity index (χ0n) is 10.5. The lowest BCUT2D eigenvalue weighted by Gasteiger charge is -2.05. The Hall–Kier alpha value is -1.85. The van der Waals surface area contributed by atoms with Crippen LogP contribution in [0, 0.1) is 0 Å². The molecule has 0 atom stereocenters. The number of rotatable bonds is 3. The van der Waals surface area contributed by atoms with Crippen molar-refractivity contribution in [3.8, 4) is 0 Å². The summed E-state index contributed by atoms with van der Waals surface area (Å²) in [5.41, 5.74) is 7.83. The number of anilines is 1. The average Bonchev–Trinajstić information content (AvgIpc) is 2.44. The van der Waals surface area contributed by atoms with E-state index in [4.69, 9.17) is 17.3 Å². The molecular weight excluding hydrogens is 292 g/mol. The van der Waals surface area contributed by atoms with E-state index in [0.29, 0.717) is 16.1 Å². The van der Waals surface area contributed by atoms with Gasteiger partial charge in [-0.3, -0.25) is 4.98 Å². The molecule has 3 rings (SSSR count). The lowest BCUT2D eigenvalue weighted by Crippen LogP contribution is -1.95. The zero-order valence-corrected chi connectivity index (χ0v) is 12.0. The van der Waals surface area contributed by atoms with Crippen molar-refractivity contribution >= 4 is 40.1 Å². The first kappa shape index (κ1) is 13.1. The summed E-state index contributed by atoms with van der Waals surface area (Å²) in [6.45, 7) is 0. The third-order valence-corrected chi connectivity index (χ3v) is 3.88. The van der Waals surface area contributed by atoms with Gasteiger partial charge in [-0.05, 0) is 17.7 Å². The van der Waals surface area contributed by atoms with Crippen molar-refractivity contribution in [2.75, 3.05) is 5.73 Å². The van der Waals surface area contributed by atoms with Crippen molar-refractivity contribution < 1.29 is 0 Å². The van der Waals surface area contributed by atoms with Gasteiger partial charge in [-0.2, -0.15) is 0 Å². The molecule has 0 amide bonds. The molecule has 2 aromatic heterocycles. The molecule has 0 fully saturated rings. The average molecular weight is 303 g/mol. The van der Waals surface area contributed by atoms with Gasteiger partial charge in [0.25, 0.3) is 0 Å². The number of hydrogen-bond acceptors (Lipinski definition) is 5. The van der Waals surface area contributed by atoms with Crippen LogP contribution in [0.1, 0.15) is 5.56 Å². The number of hydrogen-bond donors (Lipinski definition) is 1. The Morgan fingerprint density at radius 3 is 2.90 bits per heavy atom. The molecule has 0 aliphatic heterocycles. The minimum atomic E-state index is 0.361. The highest BCUT2D eigenvalue weighted by Crippen LogP contribution is 2.25. The molecule has 20 heavy (non-hydrogen) atoms. The van der Waals surface area contributed by atoms with Crippen molar-refractivity contribution in [3.63, 3.8) is 0 Å². The normalized spacial score (nSPS) is 10.8. The molecule has 0 spiro atoms. The Morgan fingerprint density at radius 2 is 2.05 bits per heavy atom. The zero-order chi connectivity index (χ0) is 13.9. The molecule has 0 radical (unpaired) electrons. The molecule has 0 unspecified atom stereocenters. The quantitative estimate of drug-likeness (QED) is 0.455. The molecule has 1 aromatic carbocycles. The van der Waals surface area contributed by atoms with Gasteiger partial charge in [-0.15, -0.1) is 0 Å². The Labute approximate surface area is 125 Å². The summed E-state index contributed by atoms with van der Waals surface area (Å²) in [7, 11) is 0. The van der Waals surface area contributed by atoms with Gasteiger partial charge in [0.05, 0.1) is 5.52 Å². The van der Waals surface area contributed by atoms with Crippen LogP contribution in [0.15, 0.2) is 47.8 Å². The second-order valence-corrected chi connectivity index (χ2v) is 5.50. The largest absolute Gasteiger partial charge is 0.384 e. The van der Waals surface area contributed by atoms with E-state index in [9.17, 15) is 0 Å². The molecule has 4 nitrogen and oxygen atoms in total. The molecule has 100 valence electrons. The maximum Gasteiger partial charge on any atom is 0.191 e. The molecule has 2 heterocycles. The van der Waals surface area contributed by atoms with Gasteiger partial charge in [0, 0.05) is 23.4 Å². The maximum atomic E-state index is 5.87. The van der Waals surface area contributed by atoms with Crippen LogP contribution in [0.5, 0.6) is 0 Å². The van der Waals surface area contributed by atoms with Crippen LogP contribution in [0.3, 0.4) is 0 Å². The van der Waals surface area contributed by atoms with E-state index >= 15 is 0 Å². The number of nitrogens with two attached hydrogens (primary N) is 1. The first-order valence-corrected chi connectivity index (χ1v) is 7.34. The third kappa shape index (κ3) is 2.84. The first-order valence-electron chi connectivity index (χ1n) is 5.98. The Morgan fingerprint density at radius 1 is 1.15 bits per heavy atom. The van der Waals surface area contributed by atoms with E-state index in [1.54, 1.807) is 6.20 Å². The molecule has 6 heteroatoms. The third-order valence-electron chi connectivity index (χ3n) is 2.79. The van der Waals surface area contributed by atoms with Crippen molar-refractivity contribution in [1.82, 2.24) is 15.0 Å². The van der Waals surface area contributed by atoms with E-state index in [0.717, 1.165) is 16.7 Å². The molecule has 0 saturated heterocycles. The molecule has 2 N–H and O–H groups in total. The second-order valence-electron chi connectivity index (χ2n) is 4.17. The topological polar surface area (TPSA) is 64.7 Å². The number of halogens is 1. The molecular formula is C14H11ClN4S. The van der Waals surface area contributed by atoms with Crippen molar-refractivity contribution in [3.05, 3.63) is 53.3 Å². The lowest BCUT2D eigenvalue weighted by molar-refractivity contribution is 0.976. The predicted octanol–water partition coefficient (Wildman–Crippen LogP) is 3.55. The minimum absolute atomic E-state index is 0.361. The number of thioether (sulfide) groups is 1. The minimum Gasteiger partial charge on any atom is -0.384 e. The first-order chi connectivity index (χ1) is 9.72. The van der Waals surface area contributed by atoms with E-state index in [-0.39, 0.29) is 0 Å². The van der Waals surface area contributed by atoms with Crippen LogP contribution in [0.25, 0.3) is 10.9 Å². The summed E-state index contributed by atoms with van der Waals surface area (Å²) in [6, 6.07) is 11.6. The van der Waals surface area contributed by atoms with Gasteiger partial charge in [0.2, 0.25) is 0 Å². The van der Waals surface area contributed by atoms with Crippen molar-refractivity contribution in [2.24, 2.45) is 0 Å². The Kier molecular flexibility index (Phi) is 3.71. The van der Waals surface area contributed by atoms with Gasteiger partial charge >= 0.3 is 0 Å². The van der Waals surface area contributed by atoms with Crippen LogP contribution in [0.2, 0.25) is 5.15 Å². The van der Waals surface area contributed by atoms with Crippen LogP contribution in [-0.2, 0) is 5.75 Å².